The van der Waals surface area contributed by atoms with Crippen LogP contribution < -0.4 is 9.46 Å². The van der Waals surface area contributed by atoms with E-state index >= 15 is 4.39 Å². The lowest BCUT2D eigenvalue weighted by molar-refractivity contribution is -0.137. The van der Waals surface area contributed by atoms with Crippen LogP contribution in [0.1, 0.15) is 84.3 Å². The number of amides is 1. The summed E-state index contributed by atoms with van der Waals surface area (Å²) in [6.45, 7) is 0.306. The summed E-state index contributed by atoms with van der Waals surface area (Å²) in [6.07, 6.45) is 1.03. The first-order valence-corrected chi connectivity index (χ1v) is 16.1. The highest BCUT2D eigenvalue weighted by atomic mass is 35.5. The van der Waals surface area contributed by atoms with Gasteiger partial charge in [-0.15, -0.1) is 0 Å². The van der Waals surface area contributed by atoms with Crippen molar-refractivity contribution in [1.29, 1.82) is 0 Å². The topological polar surface area (TPSA) is 75.7 Å². The van der Waals surface area contributed by atoms with Crippen LogP contribution in [0.2, 0.25) is 5.02 Å². The molecule has 4 fully saturated rings. The van der Waals surface area contributed by atoms with Gasteiger partial charge < -0.3 is 4.74 Å². The zero-order chi connectivity index (χ0) is 30.0. The van der Waals surface area contributed by atoms with Crippen molar-refractivity contribution in [2.24, 2.45) is 5.92 Å². The molecular formula is C29H30ClF5N2O4S. The third-order valence-electron chi connectivity index (χ3n) is 8.80. The normalized spacial score (nSPS) is 24.6. The molecule has 2 saturated carbocycles. The zero-order valence-electron chi connectivity index (χ0n) is 22.5. The number of carbonyl (C=O) groups is 1. The number of ether oxygens (including phenoxy) is 1. The van der Waals surface area contributed by atoms with Gasteiger partial charge in [-0.1, -0.05) is 11.6 Å². The van der Waals surface area contributed by atoms with Gasteiger partial charge in [0.05, 0.1) is 28.0 Å². The number of halogens is 6. The molecule has 6 nitrogen and oxygen atoms in total. The van der Waals surface area contributed by atoms with Crippen LogP contribution in [0, 0.1) is 17.6 Å². The van der Waals surface area contributed by atoms with Gasteiger partial charge in [-0.3, -0.25) is 9.69 Å². The van der Waals surface area contributed by atoms with Crippen LogP contribution in [-0.4, -0.2) is 43.2 Å². The van der Waals surface area contributed by atoms with E-state index in [-0.39, 0.29) is 48.2 Å². The molecular weight excluding hydrogens is 603 g/mol. The molecule has 13 heteroatoms. The molecule has 1 N–H and O–H groups in total. The third-order valence-corrected chi connectivity index (χ3v) is 10.9. The van der Waals surface area contributed by atoms with Crippen LogP contribution >= 0.6 is 11.6 Å². The van der Waals surface area contributed by atoms with E-state index in [0.29, 0.717) is 43.1 Å². The van der Waals surface area contributed by atoms with Crippen molar-refractivity contribution < 1.29 is 39.9 Å². The number of piperidine rings is 1. The van der Waals surface area contributed by atoms with Crippen molar-refractivity contribution in [1.82, 2.24) is 9.62 Å². The fourth-order valence-corrected chi connectivity index (χ4v) is 7.87. The van der Waals surface area contributed by atoms with Gasteiger partial charge in [-0.25, -0.2) is 21.9 Å². The molecule has 42 heavy (non-hydrogen) atoms. The Morgan fingerprint density at radius 3 is 2.26 bits per heavy atom. The van der Waals surface area contributed by atoms with Gasteiger partial charge in [0.15, 0.2) is 0 Å². The van der Waals surface area contributed by atoms with Crippen LogP contribution in [-0.2, 0) is 22.7 Å². The van der Waals surface area contributed by atoms with Crippen LogP contribution in [0.4, 0.5) is 22.0 Å². The smallest absolute Gasteiger partial charge is 0.416 e. The predicted octanol–water partition coefficient (Wildman–Crippen LogP) is 6.56. The van der Waals surface area contributed by atoms with Crippen molar-refractivity contribution in [3.05, 3.63) is 63.2 Å². The molecule has 2 heterocycles. The Kier molecular flexibility index (Phi) is 7.71. The Morgan fingerprint density at radius 1 is 1.00 bits per heavy atom. The quantitative estimate of drug-likeness (QED) is 0.317. The maximum Gasteiger partial charge on any atom is 0.416 e. The number of benzene rings is 2. The average molecular weight is 633 g/mol. The molecule has 2 aromatic carbocycles. The molecule has 0 aromatic heterocycles. The molecule has 0 radical (unpaired) electrons. The first-order chi connectivity index (χ1) is 19.8. The number of hydrogen-bond acceptors (Lipinski definition) is 5. The molecule has 2 unspecified atom stereocenters. The Morgan fingerprint density at radius 2 is 1.67 bits per heavy atom. The molecule has 2 aromatic rings. The Labute approximate surface area is 245 Å². The van der Waals surface area contributed by atoms with E-state index < -0.39 is 49.6 Å². The monoisotopic (exact) mass is 632 g/mol. The van der Waals surface area contributed by atoms with Gasteiger partial charge in [0.25, 0.3) is 5.91 Å². The van der Waals surface area contributed by atoms with Crippen LogP contribution in [0.15, 0.2) is 24.3 Å². The molecule has 2 atom stereocenters. The van der Waals surface area contributed by atoms with Crippen molar-refractivity contribution >= 4 is 27.5 Å². The second kappa shape index (κ2) is 10.9. The lowest BCUT2D eigenvalue weighted by Gasteiger charge is -2.39. The summed E-state index contributed by atoms with van der Waals surface area (Å²) in [6, 6.07) is 4.03. The maximum absolute atomic E-state index is 15.0. The molecule has 0 spiro atoms. The number of fused-ring (bicyclic) bond motifs is 2. The summed E-state index contributed by atoms with van der Waals surface area (Å²) < 4.78 is 102. The van der Waals surface area contributed by atoms with E-state index in [2.05, 4.69) is 0 Å². The largest absolute Gasteiger partial charge is 0.493 e. The predicted molar refractivity (Wildman–Crippen MR) is 145 cm³/mol. The van der Waals surface area contributed by atoms with Crippen molar-refractivity contribution in [3.8, 4) is 5.75 Å². The minimum Gasteiger partial charge on any atom is -0.493 e. The molecule has 6 rings (SSSR count). The van der Waals surface area contributed by atoms with E-state index in [1.807, 2.05) is 9.62 Å². The summed E-state index contributed by atoms with van der Waals surface area (Å²) in [5, 5.41) is -1.17. The molecule has 1 amide bonds. The molecule has 2 aliphatic carbocycles. The summed E-state index contributed by atoms with van der Waals surface area (Å²) in [5.74, 6) is -2.18. The van der Waals surface area contributed by atoms with Gasteiger partial charge >= 0.3 is 6.18 Å². The zero-order valence-corrected chi connectivity index (χ0v) is 24.1. The number of nitrogens with one attached hydrogen (secondary N) is 1. The van der Waals surface area contributed by atoms with E-state index in [0.717, 1.165) is 37.8 Å². The summed E-state index contributed by atoms with van der Waals surface area (Å²) >= 11 is 5.79. The highest BCUT2D eigenvalue weighted by Gasteiger charge is 2.42. The van der Waals surface area contributed by atoms with Crippen molar-refractivity contribution in [3.63, 3.8) is 0 Å². The molecule has 2 saturated heterocycles. The van der Waals surface area contributed by atoms with Crippen molar-refractivity contribution in [2.75, 3.05) is 6.61 Å². The lowest BCUT2D eigenvalue weighted by Crippen LogP contribution is -2.43. The summed E-state index contributed by atoms with van der Waals surface area (Å²) in [4.78, 5) is 14.7. The van der Waals surface area contributed by atoms with E-state index in [1.165, 1.54) is 6.07 Å². The first kappa shape index (κ1) is 29.6. The number of alkyl halides is 3. The van der Waals surface area contributed by atoms with Gasteiger partial charge in [0, 0.05) is 30.3 Å². The minimum atomic E-state index is -4.63. The highest BCUT2D eigenvalue weighted by Crippen LogP contribution is 2.46. The maximum atomic E-state index is 15.0. The van der Waals surface area contributed by atoms with Crippen molar-refractivity contribution in [2.45, 2.75) is 87.3 Å². The standard InChI is InChI=1S/C29H30ClF5N2O4S/c30-24-10-18(29(33,34)35)9-17(27(24)32)13-37-19-3-4-20(37)8-15(7-19)14-41-26-12-25(31)23(11-22(26)16-1-2-16)28(38)36-42(39,40)21-5-6-21/h9-12,15-16,19-21H,1-8,13-14H2,(H,36,38). The Balaban J connectivity index is 1.12. The first-order valence-electron chi connectivity index (χ1n) is 14.1. The van der Waals surface area contributed by atoms with Gasteiger partial charge in [0.2, 0.25) is 10.0 Å². The van der Waals surface area contributed by atoms with E-state index in [9.17, 15) is 30.8 Å². The number of carbonyl (C=O) groups excluding carboxylic acids is 1. The van der Waals surface area contributed by atoms with E-state index in [4.69, 9.17) is 16.3 Å². The third kappa shape index (κ3) is 6.12. The average Bonchev–Trinajstić information content (AvgIpc) is 3.81. The number of hydrogen-bond donors (Lipinski definition) is 1. The van der Waals surface area contributed by atoms with Crippen LogP contribution in [0.5, 0.6) is 5.75 Å². The molecule has 2 bridgehead atoms. The fraction of sp³-hybridized carbons (Fsp3) is 0.552. The SMILES string of the molecule is O=C(NS(=O)(=O)C1CC1)c1cc(C2CC2)c(OCC2CC3CCC(C2)N3Cc2cc(C(F)(F)F)cc(Cl)c2F)cc1F. The van der Waals surface area contributed by atoms with Gasteiger partial charge in [0.1, 0.15) is 17.4 Å². The Hall–Kier alpha value is -2.44. The Bertz CT molecular complexity index is 1500. The van der Waals surface area contributed by atoms with Gasteiger partial charge in [-0.2, -0.15) is 13.2 Å². The van der Waals surface area contributed by atoms with Gasteiger partial charge in [-0.05, 0) is 87.0 Å². The van der Waals surface area contributed by atoms with Crippen LogP contribution in [0.3, 0.4) is 0 Å². The lowest BCUT2D eigenvalue weighted by atomic mass is 9.90. The second-order valence-corrected chi connectivity index (χ2v) is 14.3. The molecule has 228 valence electrons. The highest BCUT2D eigenvalue weighted by molar-refractivity contribution is 7.91. The number of nitrogens with zero attached hydrogens (tertiary/aromatic N) is 1. The number of sulfonamides is 1. The fourth-order valence-electron chi connectivity index (χ4n) is 6.34. The minimum absolute atomic E-state index is 0.0232. The summed E-state index contributed by atoms with van der Waals surface area (Å²) in [5.41, 5.74) is -0.726. The van der Waals surface area contributed by atoms with E-state index in [1.54, 1.807) is 0 Å². The van der Waals surface area contributed by atoms with Crippen LogP contribution in [0.25, 0.3) is 0 Å². The number of rotatable bonds is 9. The summed E-state index contributed by atoms with van der Waals surface area (Å²) in [7, 11) is -3.82. The second-order valence-electron chi connectivity index (χ2n) is 12.0. The molecule has 4 aliphatic rings. The molecule has 2 aliphatic heterocycles.